The highest BCUT2D eigenvalue weighted by atomic mass is 16.5. The molecule has 5 heteroatoms. The minimum Gasteiger partial charge on any atom is -0.465 e. The molecule has 0 radical (unpaired) electrons. The smallest absolute Gasteiger partial charge is 0.338 e. The molecule has 0 unspecified atom stereocenters. The average Bonchev–Trinajstić information content (AvgIpc) is 2.38. The summed E-state index contributed by atoms with van der Waals surface area (Å²) in [5.41, 5.74) is 7.59. The van der Waals surface area contributed by atoms with E-state index in [9.17, 15) is 4.79 Å². The second kappa shape index (κ2) is 5.18. The number of hydrogen-bond donors (Lipinski definition) is 2. The second-order valence-corrected chi connectivity index (χ2v) is 3.67. The van der Waals surface area contributed by atoms with Crippen LogP contribution in [-0.4, -0.2) is 18.1 Å². The third-order valence-electron chi connectivity index (χ3n) is 2.34. The summed E-state index contributed by atoms with van der Waals surface area (Å²) in [4.78, 5) is 15.5. The number of anilines is 3. The molecule has 92 valence electrons. The van der Waals surface area contributed by atoms with Gasteiger partial charge in [-0.15, -0.1) is 0 Å². The SMILES string of the molecule is COC(=O)c1ccnc(Nc2cccc(N)c2)c1. The molecule has 1 heterocycles. The Morgan fingerprint density at radius 2 is 2.17 bits per heavy atom. The lowest BCUT2D eigenvalue weighted by Gasteiger charge is -2.07. The number of ether oxygens (including phenoxy) is 1. The van der Waals surface area contributed by atoms with Gasteiger partial charge in [-0.25, -0.2) is 9.78 Å². The van der Waals surface area contributed by atoms with Crippen molar-refractivity contribution in [2.24, 2.45) is 0 Å². The molecule has 0 amide bonds. The van der Waals surface area contributed by atoms with E-state index >= 15 is 0 Å². The molecule has 0 saturated carbocycles. The minimum absolute atomic E-state index is 0.395. The van der Waals surface area contributed by atoms with Crippen molar-refractivity contribution in [3.05, 3.63) is 48.2 Å². The predicted octanol–water partition coefficient (Wildman–Crippen LogP) is 2.19. The maximum absolute atomic E-state index is 11.4. The summed E-state index contributed by atoms with van der Waals surface area (Å²) in [5.74, 6) is 0.163. The highest BCUT2D eigenvalue weighted by Gasteiger charge is 2.06. The fourth-order valence-electron chi connectivity index (χ4n) is 1.51. The van der Waals surface area contributed by atoms with E-state index in [2.05, 4.69) is 15.0 Å². The van der Waals surface area contributed by atoms with Gasteiger partial charge in [0.2, 0.25) is 0 Å². The van der Waals surface area contributed by atoms with Crippen LogP contribution >= 0.6 is 0 Å². The van der Waals surface area contributed by atoms with Gasteiger partial charge in [-0.3, -0.25) is 0 Å². The zero-order valence-corrected chi connectivity index (χ0v) is 9.88. The average molecular weight is 243 g/mol. The van der Waals surface area contributed by atoms with E-state index in [1.807, 2.05) is 12.1 Å². The number of esters is 1. The maximum Gasteiger partial charge on any atom is 0.338 e. The van der Waals surface area contributed by atoms with Crippen LogP contribution in [0.5, 0.6) is 0 Å². The van der Waals surface area contributed by atoms with Crippen LogP contribution in [0.15, 0.2) is 42.6 Å². The Kier molecular flexibility index (Phi) is 3.43. The van der Waals surface area contributed by atoms with Gasteiger partial charge >= 0.3 is 5.97 Å². The largest absolute Gasteiger partial charge is 0.465 e. The highest BCUT2D eigenvalue weighted by molar-refractivity contribution is 5.90. The van der Waals surface area contributed by atoms with Gasteiger partial charge in [-0.1, -0.05) is 6.07 Å². The van der Waals surface area contributed by atoms with Crippen molar-refractivity contribution < 1.29 is 9.53 Å². The van der Waals surface area contributed by atoms with Crippen molar-refractivity contribution in [2.75, 3.05) is 18.2 Å². The van der Waals surface area contributed by atoms with E-state index in [0.29, 0.717) is 17.1 Å². The molecule has 0 spiro atoms. The van der Waals surface area contributed by atoms with Gasteiger partial charge in [-0.05, 0) is 30.3 Å². The van der Waals surface area contributed by atoms with Crippen LogP contribution in [-0.2, 0) is 4.74 Å². The fraction of sp³-hybridized carbons (Fsp3) is 0.0769. The standard InChI is InChI=1S/C13H13N3O2/c1-18-13(17)9-5-6-15-12(7-9)16-11-4-2-3-10(14)8-11/h2-8H,14H2,1H3,(H,15,16). The normalized spacial score (nSPS) is 9.83. The van der Waals surface area contributed by atoms with Gasteiger partial charge < -0.3 is 15.8 Å². The van der Waals surface area contributed by atoms with E-state index in [4.69, 9.17) is 5.73 Å². The second-order valence-electron chi connectivity index (χ2n) is 3.67. The number of methoxy groups -OCH3 is 1. The topological polar surface area (TPSA) is 77.2 Å². The third-order valence-corrected chi connectivity index (χ3v) is 2.34. The molecule has 1 aromatic carbocycles. The van der Waals surface area contributed by atoms with E-state index < -0.39 is 5.97 Å². The summed E-state index contributed by atoms with van der Waals surface area (Å²) < 4.78 is 4.65. The lowest BCUT2D eigenvalue weighted by Crippen LogP contribution is -2.03. The maximum atomic E-state index is 11.4. The number of carbonyl (C=O) groups is 1. The van der Waals surface area contributed by atoms with E-state index in [1.54, 1.807) is 30.5 Å². The van der Waals surface area contributed by atoms with Crippen molar-refractivity contribution in [3.8, 4) is 0 Å². The molecular weight excluding hydrogens is 230 g/mol. The van der Waals surface area contributed by atoms with Crippen LogP contribution in [0.2, 0.25) is 0 Å². The van der Waals surface area contributed by atoms with Gasteiger partial charge in [0.15, 0.2) is 0 Å². The molecule has 2 aromatic rings. The fourth-order valence-corrected chi connectivity index (χ4v) is 1.51. The van der Waals surface area contributed by atoms with Crippen LogP contribution < -0.4 is 11.1 Å². The molecular formula is C13H13N3O2. The molecule has 0 saturated heterocycles. The third kappa shape index (κ3) is 2.76. The first-order chi connectivity index (χ1) is 8.69. The molecule has 0 aliphatic carbocycles. The number of carbonyl (C=O) groups excluding carboxylic acids is 1. The quantitative estimate of drug-likeness (QED) is 0.638. The number of rotatable bonds is 3. The van der Waals surface area contributed by atoms with Crippen LogP contribution in [0.4, 0.5) is 17.2 Å². The first kappa shape index (κ1) is 11.9. The lowest BCUT2D eigenvalue weighted by atomic mass is 10.2. The summed E-state index contributed by atoms with van der Waals surface area (Å²) in [6.07, 6.45) is 1.54. The zero-order valence-electron chi connectivity index (χ0n) is 9.88. The minimum atomic E-state index is -0.395. The molecule has 18 heavy (non-hydrogen) atoms. The number of benzene rings is 1. The van der Waals surface area contributed by atoms with Crippen LogP contribution in [0.25, 0.3) is 0 Å². The Hall–Kier alpha value is -2.56. The Morgan fingerprint density at radius 1 is 1.33 bits per heavy atom. The van der Waals surface area contributed by atoms with Crippen LogP contribution in [0.1, 0.15) is 10.4 Å². The molecule has 0 atom stereocenters. The van der Waals surface area contributed by atoms with Gasteiger partial charge in [0.1, 0.15) is 5.82 Å². The molecule has 0 aliphatic heterocycles. The number of aromatic nitrogens is 1. The Labute approximate surface area is 105 Å². The number of hydrogen-bond acceptors (Lipinski definition) is 5. The van der Waals surface area contributed by atoms with E-state index in [-0.39, 0.29) is 0 Å². The molecule has 2 rings (SSSR count). The summed E-state index contributed by atoms with van der Waals surface area (Å²) in [7, 11) is 1.34. The number of nitrogens with two attached hydrogens (primary N) is 1. The van der Waals surface area contributed by atoms with Gasteiger partial charge in [0.05, 0.1) is 12.7 Å². The summed E-state index contributed by atoms with van der Waals surface area (Å²) in [6.45, 7) is 0. The monoisotopic (exact) mass is 243 g/mol. The summed E-state index contributed by atoms with van der Waals surface area (Å²) in [6, 6.07) is 10.5. The number of pyridine rings is 1. The highest BCUT2D eigenvalue weighted by Crippen LogP contribution is 2.17. The van der Waals surface area contributed by atoms with Gasteiger partial charge in [0.25, 0.3) is 0 Å². The van der Waals surface area contributed by atoms with Crippen molar-refractivity contribution in [1.82, 2.24) is 4.98 Å². The zero-order chi connectivity index (χ0) is 13.0. The Balaban J connectivity index is 2.22. The Bertz CT molecular complexity index is 570. The molecule has 3 N–H and O–H groups in total. The van der Waals surface area contributed by atoms with Crippen molar-refractivity contribution in [1.29, 1.82) is 0 Å². The number of nitrogens with zero attached hydrogens (tertiary/aromatic N) is 1. The van der Waals surface area contributed by atoms with Crippen molar-refractivity contribution in [2.45, 2.75) is 0 Å². The van der Waals surface area contributed by atoms with Crippen LogP contribution in [0, 0.1) is 0 Å². The van der Waals surface area contributed by atoms with Crippen LogP contribution in [0.3, 0.4) is 0 Å². The number of nitrogen functional groups attached to an aromatic ring is 1. The van der Waals surface area contributed by atoms with E-state index in [0.717, 1.165) is 5.69 Å². The first-order valence-electron chi connectivity index (χ1n) is 5.36. The molecule has 0 aliphatic rings. The molecule has 0 fully saturated rings. The lowest BCUT2D eigenvalue weighted by molar-refractivity contribution is 0.0600. The molecule has 0 bridgehead atoms. The van der Waals surface area contributed by atoms with E-state index in [1.165, 1.54) is 7.11 Å². The predicted molar refractivity (Wildman–Crippen MR) is 69.7 cm³/mol. The number of nitrogens with one attached hydrogen (secondary N) is 1. The summed E-state index contributed by atoms with van der Waals surface area (Å²) >= 11 is 0. The van der Waals surface area contributed by atoms with Crippen molar-refractivity contribution >= 4 is 23.2 Å². The van der Waals surface area contributed by atoms with Gasteiger partial charge in [0, 0.05) is 17.6 Å². The Morgan fingerprint density at radius 3 is 2.89 bits per heavy atom. The van der Waals surface area contributed by atoms with Gasteiger partial charge in [-0.2, -0.15) is 0 Å². The summed E-state index contributed by atoms with van der Waals surface area (Å²) in [5, 5.41) is 3.07. The molecule has 1 aromatic heterocycles. The van der Waals surface area contributed by atoms with Crippen molar-refractivity contribution in [3.63, 3.8) is 0 Å². The molecule has 5 nitrogen and oxygen atoms in total. The first-order valence-corrected chi connectivity index (χ1v) is 5.36.